The van der Waals surface area contributed by atoms with Gasteiger partial charge in [-0.25, -0.2) is 0 Å². The van der Waals surface area contributed by atoms with Crippen LogP contribution in [0.25, 0.3) is 0 Å². The van der Waals surface area contributed by atoms with E-state index in [4.69, 9.17) is 18.9 Å². The van der Waals surface area contributed by atoms with Crippen molar-refractivity contribution in [1.82, 2.24) is 0 Å². The van der Waals surface area contributed by atoms with E-state index in [0.717, 1.165) is 87.2 Å². The third kappa shape index (κ3) is 10.5. The van der Waals surface area contributed by atoms with Gasteiger partial charge in [0.2, 0.25) is 0 Å². The van der Waals surface area contributed by atoms with Crippen LogP contribution in [-0.4, -0.2) is 62.4 Å². The maximum atomic E-state index is 12.6. The number of aryl methyl sites for hydroxylation is 4. The van der Waals surface area contributed by atoms with Crippen molar-refractivity contribution in [2.75, 3.05) is 28.4 Å². The average Bonchev–Trinajstić information content (AvgIpc) is 1.50. The lowest BCUT2D eigenvalue weighted by Gasteiger charge is -2.62. The van der Waals surface area contributed by atoms with Crippen molar-refractivity contribution < 1.29 is 38.7 Å². The molecule has 0 heterocycles. The van der Waals surface area contributed by atoms with Crippen LogP contribution in [0.5, 0.6) is 23.0 Å². The molecule has 4 aromatic carbocycles. The molecule has 8 saturated carbocycles. The first-order valence-electron chi connectivity index (χ1n) is 39.7. The van der Waals surface area contributed by atoms with Crippen LogP contribution in [0, 0.1) is 118 Å². The van der Waals surface area contributed by atoms with Gasteiger partial charge in [0.25, 0.3) is 0 Å². The molecule has 8 nitrogen and oxygen atoms in total. The first kappa shape index (κ1) is 73.6. The number of rotatable bonds is 4. The van der Waals surface area contributed by atoms with Crippen molar-refractivity contribution >= 4 is 11.6 Å². The fourth-order valence-electron chi connectivity index (χ4n) is 29.4. The molecule has 548 valence electrons. The average molecular weight is 1370 g/mol. The number of hydrogen-bond donors (Lipinski definition) is 2. The predicted octanol–water partition coefficient (Wildman–Crippen LogP) is 20.5. The maximum Gasteiger partial charge on any atom is 0.138 e. The topological polar surface area (TPSA) is 112 Å². The summed E-state index contributed by atoms with van der Waals surface area (Å²) in [5.41, 5.74) is 19.8. The SMILES string of the molecule is COc1cc(C)c2c(c1)C[C@@H]1[C@@]3(C)CCC(=O)C(C)(C)[C@@H]3CC[C@@]21C.COc1cc(C)c2c(c1)C[C@@H]1[C@@]3(C)CC[C@H](O)C(C)(C)[C@@H]3CC[C@@]21C.COc1cc(C)c2c(c1)C[C@H]1[C@]3(C)CCC(=O)C(C)(C)[C@H]3CC[C@]21C.COc1cc(C)c2c(c1)C[C@H]1[C@]3(C)CC[C@@H](O)C(C)(C)[C@H]3CC[C@]21C. The monoisotopic (exact) mass is 1360 g/mol. The van der Waals surface area contributed by atoms with Gasteiger partial charge in [0, 0.05) is 23.7 Å². The van der Waals surface area contributed by atoms with E-state index in [-0.39, 0.29) is 66.4 Å². The Balaban J connectivity index is 0.000000119. The molecule has 4 aromatic rings. The second-order valence-electron chi connectivity index (χ2n) is 40.0. The molecule has 8 fully saturated rings. The van der Waals surface area contributed by atoms with Crippen LogP contribution < -0.4 is 18.9 Å². The number of ketones is 2. The Morgan fingerprint density at radius 3 is 0.780 bits per heavy atom. The summed E-state index contributed by atoms with van der Waals surface area (Å²) in [6.45, 7) is 47.1. The smallest absolute Gasteiger partial charge is 0.138 e. The lowest BCUT2D eigenvalue weighted by molar-refractivity contribution is -0.152. The molecule has 0 aliphatic heterocycles. The van der Waals surface area contributed by atoms with Gasteiger partial charge in [-0.15, -0.1) is 0 Å². The Morgan fingerprint density at radius 1 is 0.310 bits per heavy atom. The second kappa shape index (κ2) is 24.5. The van der Waals surface area contributed by atoms with Crippen LogP contribution in [0.2, 0.25) is 0 Å². The van der Waals surface area contributed by atoms with Crippen molar-refractivity contribution in [3.63, 3.8) is 0 Å². The van der Waals surface area contributed by atoms with E-state index in [0.29, 0.717) is 69.7 Å². The number of carbonyl (C=O) groups is 2. The summed E-state index contributed by atoms with van der Waals surface area (Å²) in [6, 6.07) is 17.9. The summed E-state index contributed by atoms with van der Waals surface area (Å²) in [5, 5.41) is 21.3. The van der Waals surface area contributed by atoms with E-state index >= 15 is 0 Å². The number of aliphatic hydroxyl groups is 2. The third-order valence-electron chi connectivity index (χ3n) is 34.1. The Hall–Kier alpha value is -4.66. The minimum atomic E-state index is -0.171. The highest BCUT2D eigenvalue weighted by molar-refractivity contribution is 5.86. The van der Waals surface area contributed by atoms with Crippen LogP contribution in [-0.2, 0) is 56.9 Å². The van der Waals surface area contributed by atoms with Crippen molar-refractivity contribution in [2.45, 2.75) is 301 Å². The largest absolute Gasteiger partial charge is 0.497 e. The van der Waals surface area contributed by atoms with Crippen molar-refractivity contribution in [2.24, 2.45) is 90.7 Å². The fourth-order valence-corrected chi connectivity index (χ4v) is 29.4. The van der Waals surface area contributed by atoms with E-state index < -0.39 is 0 Å². The molecule has 0 saturated heterocycles. The van der Waals surface area contributed by atoms with Gasteiger partial charge in [0.1, 0.15) is 34.6 Å². The summed E-state index contributed by atoms with van der Waals surface area (Å²) in [4.78, 5) is 25.2. The van der Waals surface area contributed by atoms with Gasteiger partial charge in [-0.2, -0.15) is 0 Å². The molecule has 0 radical (unpaired) electrons. The Morgan fingerprint density at radius 2 is 0.540 bits per heavy atom. The van der Waals surface area contributed by atoms with Crippen molar-refractivity contribution in [3.05, 3.63) is 115 Å². The van der Waals surface area contributed by atoms with Crippen LogP contribution in [0.4, 0.5) is 0 Å². The van der Waals surface area contributed by atoms with Crippen LogP contribution in [0.3, 0.4) is 0 Å². The number of fused-ring (bicyclic) bond motifs is 20. The van der Waals surface area contributed by atoms with Crippen molar-refractivity contribution in [1.29, 1.82) is 0 Å². The zero-order valence-corrected chi connectivity index (χ0v) is 66.9. The molecule has 12 aliphatic carbocycles. The van der Waals surface area contributed by atoms with Gasteiger partial charge in [0.05, 0.1) is 40.6 Å². The Kier molecular flexibility index (Phi) is 18.0. The van der Waals surface area contributed by atoms with Crippen molar-refractivity contribution in [3.8, 4) is 23.0 Å². The second-order valence-corrected chi connectivity index (χ2v) is 40.0. The predicted molar refractivity (Wildman–Crippen MR) is 407 cm³/mol. The van der Waals surface area contributed by atoms with E-state index in [1.165, 1.54) is 109 Å². The van der Waals surface area contributed by atoms with E-state index in [2.05, 4.69) is 187 Å². The lowest BCUT2D eigenvalue weighted by atomic mass is 9.43. The van der Waals surface area contributed by atoms with Gasteiger partial charge in [0.15, 0.2) is 0 Å². The molecule has 0 unspecified atom stereocenters. The summed E-state index contributed by atoms with van der Waals surface area (Å²) in [7, 11) is 7.07. The highest BCUT2D eigenvalue weighted by atomic mass is 16.5. The number of carbonyl (C=O) groups excluding carboxylic acids is 2. The van der Waals surface area contributed by atoms with Gasteiger partial charge >= 0.3 is 0 Å². The first-order chi connectivity index (χ1) is 46.6. The maximum absolute atomic E-state index is 12.6. The van der Waals surface area contributed by atoms with E-state index in [9.17, 15) is 19.8 Å². The molecule has 12 aliphatic rings. The van der Waals surface area contributed by atoms with Crippen LogP contribution in [0.15, 0.2) is 48.5 Å². The van der Waals surface area contributed by atoms with Gasteiger partial charge in [-0.1, -0.05) is 111 Å². The molecule has 16 rings (SSSR count). The molecular formula is C92H132O8. The Bertz CT molecular complexity index is 3650. The number of methoxy groups -OCH3 is 4. The summed E-state index contributed by atoms with van der Waals surface area (Å²) < 4.78 is 22.2. The van der Waals surface area contributed by atoms with Gasteiger partial charge < -0.3 is 29.2 Å². The van der Waals surface area contributed by atoms with Gasteiger partial charge in [-0.05, 0) is 360 Å². The minimum Gasteiger partial charge on any atom is -0.497 e. The van der Waals surface area contributed by atoms with E-state index in [1.807, 2.05) is 0 Å². The number of hydrogen-bond acceptors (Lipinski definition) is 8. The highest BCUT2D eigenvalue weighted by Gasteiger charge is 2.68. The molecule has 0 bridgehead atoms. The first-order valence-corrected chi connectivity index (χ1v) is 39.7. The molecule has 18 atom stereocenters. The third-order valence-corrected chi connectivity index (χ3v) is 34.1. The molecule has 0 aromatic heterocycles. The lowest BCUT2D eigenvalue weighted by Crippen LogP contribution is -2.58. The van der Waals surface area contributed by atoms with E-state index in [1.54, 1.807) is 50.7 Å². The highest BCUT2D eigenvalue weighted by Crippen LogP contribution is 2.73. The van der Waals surface area contributed by atoms with Gasteiger partial charge in [-0.3, -0.25) is 9.59 Å². The molecule has 100 heavy (non-hydrogen) atoms. The fraction of sp³-hybridized carbons (Fsp3) is 0.717. The number of benzene rings is 4. The summed E-state index contributed by atoms with van der Waals surface area (Å²) in [5.74, 6) is 9.77. The molecular weight excluding hydrogens is 1230 g/mol. The van der Waals surface area contributed by atoms with Crippen LogP contribution in [0.1, 0.15) is 280 Å². The quantitative estimate of drug-likeness (QED) is 0.208. The number of ether oxygens (including phenoxy) is 4. The molecule has 2 N–H and O–H groups in total. The summed E-state index contributed by atoms with van der Waals surface area (Å²) >= 11 is 0. The number of Topliss-reactive ketones (excluding diaryl/α,β-unsaturated/α-hetero) is 2. The summed E-state index contributed by atoms with van der Waals surface area (Å²) in [6.07, 6.45) is 21.9. The van der Waals surface area contributed by atoms with Crippen LogP contribution >= 0.6 is 0 Å². The zero-order chi connectivity index (χ0) is 72.8. The molecule has 8 heteroatoms. The number of aliphatic hydroxyl groups excluding tert-OH is 2. The molecule has 0 amide bonds. The minimum absolute atomic E-state index is 0.0236. The normalized spacial score (nSPS) is 40.2. The standard InChI is InChI=1S/2C23H34O2.2C23H32O2/c4*1-14-11-16(25-6)12-15-13-18-22(4)10-8-19(24)21(2,3)17(22)7-9-23(18,5)20(14)15/h2*11-12,17-19,24H,7-10,13H2,1-6H3;2*11-12,17-18H,7-10,13H2,1-6H3/t2*17-,18+,19-,22-,23+;2*17-,18+,22-,23+/m1010/s1. The zero-order valence-electron chi connectivity index (χ0n) is 66.9. The molecule has 0 spiro atoms. The Labute approximate surface area is 605 Å².